The second-order valence-electron chi connectivity index (χ2n) is 9.12. The zero-order valence-electron chi connectivity index (χ0n) is 22.4. The standard InChI is InChI=1S/C28H38N4O5/c1-6-18(7-2)24-13-21(12-22(9-4)30-24)28-31-27(32-37-28)20-10-17(5)26(19(8-3)11-20)36-16-23(34)14-29-25(35)15-33/h10-13,18,23,33-34H,6-9,14-16H2,1-5H3,(H,29,35)/t23-/m0/s1. The fraction of sp³-hybridized carbons (Fsp3) is 0.500. The molecule has 1 atom stereocenters. The number of nitrogens with one attached hydrogen (secondary N) is 1. The molecular weight excluding hydrogens is 472 g/mol. The summed E-state index contributed by atoms with van der Waals surface area (Å²) in [5.74, 6) is 1.48. The number of aryl methyl sites for hydroxylation is 3. The minimum absolute atomic E-state index is 0.00264. The van der Waals surface area contributed by atoms with Crippen molar-refractivity contribution in [2.45, 2.75) is 72.3 Å². The third-order valence-electron chi connectivity index (χ3n) is 6.43. The Bertz CT molecular complexity index is 1190. The Balaban J connectivity index is 1.83. The maximum absolute atomic E-state index is 11.2. The molecule has 200 valence electrons. The first-order valence-corrected chi connectivity index (χ1v) is 13.0. The van der Waals surface area contributed by atoms with Gasteiger partial charge in [0.1, 0.15) is 25.1 Å². The van der Waals surface area contributed by atoms with Crippen LogP contribution in [0.3, 0.4) is 0 Å². The summed E-state index contributed by atoms with van der Waals surface area (Å²) in [5.41, 5.74) is 5.58. The minimum atomic E-state index is -0.905. The summed E-state index contributed by atoms with van der Waals surface area (Å²) in [5, 5.41) is 25.6. The summed E-state index contributed by atoms with van der Waals surface area (Å²) in [6.45, 7) is 9.77. The maximum Gasteiger partial charge on any atom is 0.258 e. The highest BCUT2D eigenvalue weighted by molar-refractivity contribution is 5.76. The quantitative estimate of drug-likeness (QED) is 0.315. The van der Waals surface area contributed by atoms with Crippen LogP contribution in [0.1, 0.15) is 69.0 Å². The third-order valence-corrected chi connectivity index (χ3v) is 6.43. The minimum Gasteiger partial charge on any atom is -0.490 e. The van der Waals surface area contributed by atoms with Crippen LogP contribution in [0, 0.1) is 6.92 Å². The van der Waals surface area contributed by atoms with Gasteiger partial charge < -0.3 is 24.8 Å². The molecule has 0 aliphatic heterocycles. The molecule has 9 heteroatoms. The summed E-state index contributed by atoms with van der Waals surface area (Å²) in [6, 6.07) is 7.97. The van der Waals surface area contributed by atoms with E-state index in [2.05, 4.69) is 37.3 Å². The summed E-state index contributed by atoms with van der Waals surface area (Å²) in [4.78, 5) is 20.7. The summed E-state index contributed by atoms with van der Waals surface area (Å²) in [7, 11) is 0. The van der Waals surface area contributed by atoms with Crippen molar-refractivity contribution in [3.05, 3.63) is 46.8 Å². The van der Waals surface area contributed by atoms with Crippen molar-refractivity contribution in [3.63, 3.8) is 0 Å². The van der Waals surface area contributed by atoms with Gasteiger partial charge in [0.2, 0.25) is 11.7 Å². The summed E-state index contributed by atoms with van der Waals surface area (Å²) in [6.07, 6.45) is 2.66. The zero-order chi connectivity index (χ0) is 26.9. The number of carbonyl (C=O) groups is 1. The number of hydrogen-bond acceptors (Lipinski definition) is 8. The molecule has 37 heavy (non-hydrogen) atoms. The molecule has 1 amide bonds. The van der Waals surface area contributed by atoms with Gasteiger partial charge in [-0.15, -0.1) is 0 Å². The number of benzene rings is 1. The van der Waals surface area contributed by atoms with Crippen LogP contribution in [0.15, 0.2) is 28.8 Å². The number of amides is 1. The monoisotopic (exact) mass is 510 g/mol. The van der Waals surface area contributed by atoms with Gasteiger partial charge in [-0.25, -0.2) is 0 Å². The molecule has 1 aromatic carbocycles. The number of hydrogen-bond donors (Lipinski definition) is 3. The Morgan fingerprint density at radius 1 is 1.05 bits per heavy atom. The predicted molar refractivity (Wildman–Crippen MR) is 141 cm³/mol. The fourth-order valence-corrected chi connectivity index (χ4v) is 4.26. The molecule has 0 unspecified atom stereocenters. The highest BCUT2D eigenvalue weighted by atomic mass is 16.5. The van der Waals surface area contributed by atoms with Gasteiger partial charge in [0.25, 0.3) is 5.89 Å². The van der Waals surface area contributed by atoms with E-state index in [4.69, 9.17) is 24.3 Å². The SMILES string of the molecule is CCc1cc(-c2nc(-c3cc(C)c(OC[C@@H](O)CNC(=O)CO)c(CC)c3)no2)cc(C(CC)CC)n1. The number of aliphatic hydroxyl groups excluding tert-OH is 2. The Hall–Kier alpha value is -3.30. The van der Waals surface area contributed by atoms with E-state index in [-0.39, 0.29) is 13.2 Å². The first-order valence-electron chi connectivity index (χ1n) is 13.0. The van der Waals surface area contributed by atoms with E-state index < -0.39 is 18.6 Å². The average molecular weight is 511 g/mol. The molecule has 0 saturated carbocycles. The molecule has 3 rings (SSSR count). The van der Waals surface area contributed by atoms with Crippen molar-refractivity contribution >= 4 is 5.91 Å². The van der Waals surface area contributed by atoms with Crippen molar-refractivity contribution < 1.29 is 24.3 Å². The van der Waals surface area contributed by atoms with Gasteiger partial charge in [-0.1, -0.05) is 32.9 Å². The van der Waals surface area contributed by atoms with Crippen LogP contribution in [0.4, 0.5) is 0 Å². The van der Waals surface area contributed by atoms with Gasteiger partial charge in [-0.3, -0.25) is 9.78 Å². The van der Waals surface area contributed by atoms with Crippen molar-refractivity contribution in [2.75, 3.05) is 19.8 Å². The first-order chi connectivity index (χ1) is 17.8. The Morgan fingerprint density at radius 2 is 1.81 bits per heavy atom. The zero-order valence-corrected chi connectivity index (χ0v) is 22.4. The predicted octanol–water partition coefficient (Wildman–Crippen LogP) is 3.98. The molecule has 3 aromatic rings. The molecule has 9 nitrogen and oxygen atoms in total. The number of rotatable bonds is 13. The third kappa shape index (κ3) is 7.14. The van der Waals surface area contributed by atoms with Crippen LogP contribution in [-0.2, 0) is 17.6 Å². The van der Waals surface area contributed by atoms with Crippen molar-refractivity contribution in [1.82, 2.24) is 20.4 Å². The average Bonchev–Trinajstić information content (AvgIpc) is 3.41. The number of carbonyl (C=O) groups excluding carboxylic acids is 1. The van der Waals surface area contributed by atoms with Crippen LogP contribution < -0.4 is 10.1 Å². The van der Waals surface area contributed by atoms with Crippen LogP contribution in [-0.4, -0.2) is 57.1 Å². The molecule has 0 spiro atoms. The van der Waals surface area contributed by atoms with Crippen molar-refractivity contribution in [3.8, 4) is 28.6 Å². The number of pyridine rings is 1. The molecule has 0 saturated heterocycles. The van der Waals surface area contributed by atoms with Crippen LogP contribution in [0.25, 0.3) is 22.8 Å². The molecule has 3 N–H and O–H groups in total. The number of nitrogens with zero attached hydrogens (tertiary/aromatic N) is 3. The molecule has 2 aromatic heterocycles. The van der Waals surface area contributed by atoms with E-state index in [1.165, 1.54) is 0 Å². The molecule has 0 fully saturated rings. The van der Waals surface area contributed by atoms with Gasteiger partial charge in [0, 0.05) is 35.0 Å². The van der Waals surface area contributed by atoms with Gasteiger partial charge >= 0.3 is 0 Å². The van der Waals surface area contributed by atoms with E-state index in [9.17, 15) is 9.90 Å². The van der Waals surface area contributed by atoms with Gasteiger partial charge in [-0.2, -0.15) is 4.98 Å². The van der Waals surface area contributed by atoms with Crippen LogP contribution >= 0.6 is 0 Å². The molecule has 0 aliphatic rings. The molecule has 0 radical (unpaired) electrons. The number of aliphatic hydroxyl groups is 2. The van der Waals surface area contributed by atoms with E-state index in [0.717, 1.165) is 52.9 Å². The molecule has 0 bridgehead atoms. The molecule has 2 heterocycles. The highest BCUT2D eigenvalue weighted by Gasteiger charge is 2.18. The normalized spacial score (nSPS) is 12.1. The fourth-order valence-electron chi connectivity index (χ4n) is 4.26. The first kappa shape index (κ1) is 28.3. The van der Waals surface area contributed by atoms with Gasteiger partial charge in [0.15, 0.2) is 0 Å². The highest BCUT2D eigenvalue weighted by Crippen LogP contribution is 2.32. The van der Waals surface area contributed by atoms with Gasteiger partial charge in [0.05, 0.1) is 0 Å². The Labute approximate surface area is 218 Å². The van der Waals surface area contributed by atoms with Crippen molar-refractivity contribution in [1.29, 1.82) is 0 Å². The lowest BCUT2D eigenvalue weighted by Gasteiger charge is -2.17. The lowest BCUT2D eigenvalue weighted by atomic mass is 9.97. The van der Waals surface area contributed by atoms with E-state index in [0.29, 0.717) is 29.8 Å². The second kappa shape index (κ2) is 13.3. The Morgan fingerprint density at radius 3 is 2.46 bits per heavy atom. The van der Waals surface area contributed by atoms with E-state index in [1.54, 1.807) is 0 Å². The van der Waals surface area contributed by atoms with Gasteiger partial charge in [-0.05, 0) is 68.0 Å². The van der Waals surface area contributed by atoms with Crippen LogP contribution in [0.5, 0.6) is 5.75 Å². The lowest BCUT2D eigenvalue weighted by Crippen LogP contribution is -2.36. The summed E-state index contributed by atoms with van der Waals surface area (Å²) >= 11 is 0. The summed E-state index contributed by atoms with van der Waals surface area (Å²) < 4.78 is 11.6. The lowest BCUT2D eigenvalue weighted by molar-refractivity contribution is -0.124. The smallest absolute Gasteiger partial charge is 0.258 e. The van der Waals surface area contributed by atoms with E-state index in [1.807, 2.05) is 32.0 Å². The van der Waals surface area contributed by atoms with E-state index >= 15 is 0 Å². The molecule has 0 aliphatic carbocycles. The topological polar surface area (TPSA) is 131 Å². The number of ether oxygens (including phenoxy) is 1. The second-order valence-corrected chi connectivity index (χ2v) is 9.12. The maximum atomic E-state index is 11.2. The number of aromatic nitrogens is 3. The largest absolute Gasteiger partial charge is 0.490 e. The van der Waals surface area contributed by atoms with Crippen LogP contribution in [0.2, 0.25) is 0 Å². The van der Waals surface area contributed by atoms with Crippen molar-refractivity contribution in [2.24, 2.45) is 0 Å². The Kier molecular flexibility index (Phi) is 10.2. The molecular formula is C28H38N4O5.